The quantitative estimate of drug-likeness (QED) is 0.934. The van der Waals surface area contributed by atoms with E-state index >= 15 is 0 Å². The zero-order valence-corrected chi connectivity index (χ0v) is 12.3. The molecule has 1 heterocycles. The minimum absolute atomic E-state index is 0.704. The highest BCUT2D eigenvalue weighted by molar-refractivity contribution is 9.10. The van der Waals surface area contributed by atoms with E-state index in [1.807, 2.05) is 31.2 Å². The molecule has 0 aliphatic heterocycles. The largest absolute Gasteiger partial charge is 0.307 e. The van der Waals surface area contributed by atoms with Gasteiger partial charge in [0.15, 0.2) is 0 Å². The first-order valence-corrected chi connectivity index (χ1v) is 6.75. The Morgan fingerprint density at radius 3 is 2.83 bits per heavy atom. The van der Waals surface area contributed by atoms with Gasteiger partial charge < -0.3 is 5.32 Å². The second-order valence-electron chi connectivity index (χ2n) is 3.93. The number of nitrogens with one attached hydrogen (secondary N) is 1. The molecule has 0 bridgehead atoms. The molecule has 2 rings (SSSR count). The van der Waals surface area contributed by atoms with E-state index in [-0.39, 0.29) is 0 Å². The third-order valence-electron chi connectivity index (χ3n) is 2.47. The molecule has 0 unspecified atom stereocenters. The third-order valence-corrected chi connectivity index (χ3v) is 3.32. The first kappa shape index (κ1) is 13.5. The lowest BCUT2D eigenvalue weighted by molar-refractivity contribution is 0.675. The second-order valence-corrected chi connectivity index (χ2v) is 5.26. The van der Waals surface area contributed by atoms with Gasteiger partial charge >= 0.3 is 0 Å². The number of hydrogen-bond donors (Lipinski definition) is 1. The highest BCUT2D eigenvalue weighted by Gasteiger charge is 2.01. The van der Waals surface area contributed by atoms with Crippen LogP contribution >= 0.6 is 27.5 Å². The molecule has 94 valence electrons. The summed E-state index contributed by atoms with van der Waals surface area (Å²) in [5.74, 6) is 0.788. The number of aryl methyl sites for hydroxylation is 1. The van der Waals surface area contributed by atoms with Crippen molar-refractivity contribution in [3.8, 4) is 0 Å². The van der Waals surface area contributed by atoms with Gasteiger partial charge in [-0.05, 0) is 30.7 Å². The Hall–Kier alpha value is -0.970. The maximum atomic E-state index is 6.14. The molecule has 0 fully saturated rings. The lowest BCUT2D eigenvalue weighted by Gasteiger charge is -2.07. The van der Waals surface area contributed by atoms with Gasteiger partial charge in [0, 0.05) is 28.8 Å². The van der Waals surface area contributed by atoms with Gasteiger partial charge in [-0.25, -0.2) is 9.97 Å². The summed E-state index contributed by atoms with van der Waals surface area (Å²) in [6, 6.07) is 7.79. The van der Waals surface area contributed by atoms with Crippen LogP contribution in [0.2, 0.25) is 5.02 Å². The number of rotatable bonds is 4. The summed E-state index contributed by atoms with van der Waals surface area (Å²) in [5, 5.41) is 4.08. The molecule has 5 heteroatoms. The number of aromatic nitrogens is 2. The monoisotopic (exact) mass is 325 g/mol. The molecular formula is C13H13BrClN3. The van der Waals surface area contributed by atoms with E-state index in [0.717, 1.165) is 33.1 Å². The van der Waals surface area contributed by atoms with E-state index in [0.29, 0.717) is 6.54 Å². The van der Waals surface area contributed by atoms with Crippen LogP contribution in [-0.2, 0) is 13.1 Å². The topological polar surface area (TPSA) is 37.8 Å². The van der Waals surface area contributed by atoms with Crippen molar-refractivity contribution in [2.24, 2.45) is 0 Å². The van der Waals surface area contributed by atoms with Gasteiger partial charge in [-0.1, -0.05) is 33.6 Å². The summed E-state index contributed by atoms with van der Waals surface area (Å²) in [4.78, 5) is 8.39. The second kappa shape index (κ2) is 6.27. The molecule has 1 N–H and O–H groups in total. The Morgan fingerprint density at radius 2 is 2.11 bits per heavy atom. The smallest absolute Gasteiger partial charge is 0.125 e. The standard InChI is InChI=1S/C13H13BrClN3/c1-9-17-5-4-12(18-9)8-16-7-10-2-3-11(14)6-13(10)15/h2-6,16H,7-8H2,1H3. The molecule has 0 saturated heterocycles. The summed E-state index contributed by atoms with van der Waals surface area (Å²) in [6.45, 7) is 3.31. The number of hydrogen-bond acceptors (Lipinski definition) is 3. The van der Waals surface area contributed by atoms with Crippen molar-refractivity contribution in [1.82, 2.24) is 15.3 Å². The Labute approximate surface area is 120 Å². The maximum Gasteiger partial charge on any atom is 0.125 e. The predicted octanol–water partition coefficient (Wildman–Crippen LogP) is 3.49. The van der Waals surface area contributed by atoms with Crippen LogP contribution in [0.3, 0.4) is 0 Å². The Balaban J connectivity index is 1.92. The van der Waals surface area contributed by atoms with Crippen LogP contribution in [0.5, 0.6) is 0 Å². The van der Waals surface area contributed by atoms with Crippen LogP contribution in [0.25, 0.3) is 0 Å². The maximum absolute atomic E-state index is 6.14. The van der Waals surface area contributed by atoms with E-state index in [2.05, 4.69) is 31.2 Å². The van der Waals surface area contributed by atoms with Crippen LogP contribution in [0.1, 0.15) is 17.1 Å². The summed E-state index contributed by atoms with van der Waals surface area (Å²) < 4.78 is 0.989. The first-order valence-electron chi connectivity index (χ1n) is 5.58. The predicted molar refractivity (Wildman–Crippen MR) is 76.5 cm³/mol. The number of benzene rings is 1. The fourth-order valence-electron chi connectivity index (χ4n) is 1.59. The van der Waals surface area contributed by atoms with Crippen molar-refractivity contribution in [3.05, 3.63) is 57.0 Å². The van der Waals surface area contributed by atoms with Crippen molar-refractivity contribution < 1.29 is 0 Å². The summed E-state index contributed by atoms with van der Waals surface area (Å²) >= 11 is 9.53. The zero-order valence-electron chi connectivity index (χ0n) is 9.95. The van der Waals surface area contributed by atoms with Gasteiger partial charge in [0.2, 0.25) is 0 Å². The molecule has 18 heavy (non-hydrogen) atoms. The lowest BCUT2D eigenvalue weighted by atomic mass is 10.2. The van der Waals surface area contributed by atoms with Crippen LogP contribution in [0.4, 0.5) is 0 Å². The molecule has 0 saturated carbocycles. The molecule has 3 nitrogen and oxygen atoms in total. The van der Waals surface area contributed by atoms with Gasteiger partial charge in [-0.15, -0.1) is 0 Å². The van der Waals surface area contributed by atoms with Crippen molar-refractivity contribution in [1.29, 1.82) is 0 Å². The molecule has 0 radical (unpaired) electrons. The van der Waals surface area contributed by atoms with Gasteiger partial charge in [-0.2, -0.15) is 0 Å². The highest BCUT2D eigenvalue weighted by Crippen LogP contribution is 2.21. The molecule has 1 aromatic carbocycles. The molecule has 0 amide bonds. The van der Waals surface area contributed by atoms with Crippen LogP contribution in [0, 0.1) is 6.92 Å². The van der Waals surface area contributed by atoms with Crippen molar-refractivity contribution in [2.45, 2.75) is 20.0 Å². The summed E-state index contributed by atoms with van der Waals surface area (Å²) in [7, 11) is 0. The first-order chi connectivity index (χ1) is 8.65. The van der Waals surface area contributed by atoms with E-state index in [1.165, 1.54) is 0 Å². The third kappa shape index (κ3) is 3.77. The Morgan fingerprint density at radius 1 is 1.28 bits per heavy atom. The van der Waals surface area contributed by atoms with Crippen molar-refractivity contribution >= 4 is 27.5 Å². The van der Waals surface area contributed by atoms with Crippen LogP contribution < -0.4 is 5.32 Å². The number of halogens is 2. The minimum atomic E-state index is 0.704. The Bertz CT molecular complexity index is 546. The molecule has 0 atom stereocenters. The summed E-state index contributed by atoms with van der Waals surface area (Å²) in [6.07, 6.45) is 1.77. The fraction of sp³-hybridized carbons (Fsp3) is 0.231. The zero-order chi connectivity index (χ0) is 13.0. The molecule has 1 aromatic heterocycles. The molecule has 0 aliphatic carbocycles. The van der Waals surface area contributed by atoms with E-state index < -0.39 is 0 Å². The summed E-state index contributed by atoms with van der Waals surface area (Å²) in [5.41, 5.74) is 2.06. The van der Waals surface area contributed by atoms with Gasteiger partial charge in [0.1, 0.15) is 5.82 Å². The van der Waals surface area contributed by atoms with Crippen molar-refractivity contribution in [2.75, 3.05) is 0 Å². The highest BCUT2D eigenvalue weighted by atomic mass is 79.9. The Kier molecular flexibility index (Phi) is 4.69. The van der Waals surface area contributed by atoms with Gasteiger partial charge in [0.25, 0.3) is 0 Å². The molecule has 0 aliphatic rings. The molecule has 0 spiro atoms. The van der Waals surface area contributed by atoms with E-state index in [9.17, 15) is 0 Å². The van der Waals surface area contributed by atoms with Gasteiger partial charge in [-0.3, -0.25) is 0 Å². The average Bonchev–Trinajstić information content (AvgIpc) is 2.32. The minimum Gasteiger partial charge on any atom is -0.307 e. The molecule has 2 aromatic rings. The van der Waals surface area contributed by atoms with Crippen LogP contribution in [-0.4, -0.2) is 9.97 Å². The van der Waals surface area contributed by atoms with E-state index in [4.69, 9.17) is 11.6 Å². The van der Waals surface area contributed by atoms with Crippen molar-refractivity contribution in [3.63, 3.8) is 0 Å². The number of nitrogens with zero attached hydrogens (tertiary/aromatic N) is 2. The average molecular weight is 327 g/mol. The van der Waals surface area contributed by atoms with E-state index in [1.54, 1.807) is 6.20 Å². The van der Waals surface area contributed by atoms with Crippen LogP contribution in [0.15, 0.2) is 34.9 Å². The normalized spacial score (nSPS) is 10.6. The SMILES string of the molecule is Cc1nccc(CNCc2ccc(Br)cc2Cl)n1. The van der Waals surface area contributed by atoms with Gasteiger partial charge in [0.05, 0.1) is 5.69 Å². The lowest BCUT2D eigenvalue weighted by Crippen LogP contribution is -2.14. The fourth-order valence-corrected chi connectivity index (χ4v) is 2.33. The molecular weight excluding hydrogens is 314 g/mol.